The van der Waals surface area contributed by atoms with Gasteiger partial charge >= 0.3 is 0 Å². The molecular formula is C3H7N3O. The van der Waals surface area contributed by atoms with E-state index in [-0.39, 0.29) is 0 Å². The highest BCUT2D eigenvalue weighted by molar-refractivity contribution is 5.85. The molecule has 0 saturated carbocycles. The van der Waals surface area contributed by atoms with Crippen molar-refractivity contribution in [1.82, 2.24) is 5.12 Å². The molecule has 4 N–H and O–H groups in total. The molecule has 0 aliphatic rings. The summed E-state index contributed by atoms with van der Waals surface area (Å²) in [5.74, 6) is 8.97. The Morgan fingerprint density at radius 1 is 1.71 bits per heavy atom. The van der Waals surface area contributed by atoms with Crippen LogP contribution < -0.4 is 11.7 Å². The van der Waals surface area contributed by atoms with Crippen LogP contribution in [0.1, 0.15) is 0 Å². The van der Waals surface area contributed by atoms with Crippen LogP contribution in [0, 0.1) is 0 Å². The Bertz CT molecular complexity index is 88.2. The van der Waals surface area contributed by atoms with Crippen LogP contribution in [0.5, 0.6) is 0 Å². The van der Waals surface area contributed by atoms with Crippen LogP contribution in [-0.4, -0.2) is 11.0 Å². The molecule has 0 aliphatic heterocycles. The summed E-state index contributed by atoms with van der Waals surface area (Å²) < 4.78 is 0. The average molecular weight is 101 g/mol. The van der Waals surface area contributed by atoms with Gasteiger partial charge < -0.3 is 0 Å². The molecule has 4 nitrogen and oxygen atoms in total. The lowest BCUT2D eigenvalue weighted by atomic mass is 10.6. The molecule has 0 fully saturated rings. The Hall–Kier alpha value is -0.870. The number of carbonyl (C=O) groups is 1. The van der Waals surface area contributed by atoms with Gasteiger partial charge in [0.2, 0.25) is 0 Å². The number of nitrogens with zero attached hydrogens (tertiary/aromatic N) is 1. The van der Waals surface area contributed by atoms with Gasteiger partial charge in [-0.2, -0.15) is 0 Å². The zero-order chi connectivity index (χ0) is 5.86. The predicted molar refractivity (Wildman–Crippen MR) is 25.4 cm³/mol. The van der Waals surface area contributed by atoms with Crippen LogP contribution in [0.4, 0.5) is 0 Å². The zero-order valence-electron chi connectivity index (χ0n) is 3.79. The Morgan fingerprint density at radius 2 is 2.14 bits per heavy atom. The largest absolute Gasteiger partial charge is 0.274 e. The first-order valence-electron chi connectivity index (χ1n) is 1.64. The third kappa shape index (κ3) is 1.91. The minimum Gasteiger partial charge on any atom is -0.267 e. The summed E-state index contributed by atoms with van der Waals surface area (Å²) in [7, 11) is 0. The van der Waals surface area contributed by atoms with Crippen molar-refractivity contribution in [3.63, 3.8) is 0 Å². The van der Waals surface area contributed by atoms with Crippen LogP contribution in [0.25, 0.3) is 0 Å². The van der Waals surface area contributed by atoms with Gasteiger partial charge in [-0.3, -0.25) is 4.79 Å². The van der Waals surface area contributed by atoms with E-state index >= 15 is 0 Å². The van der Waals surface area contributed by atoms with Crippen molar-refractivity contribution >= 4 is 5.91 Å². The lowest BCUT2D eigenvalue weighted by Crippen LogP contribution is -2.42. The van der Waals surface area contributed by atoms with Gasteiger partial charge in [0.1, 0.15) is 0 Å². The normalized spacial score (nSPS) is 7.71. The predicted octanol–water partition coefficient (Wildman–Crippen LogP) is -1.25. The quantitative estimate of drug-likeness (QED) is 0.187. The summed E-state index contributed by atoms with van der Waals surface area (Å²) in [6.07, 6.45) is 1.03. The van der Waals surface area contributed by atoms with Crippen LogP contribution in [0.2, 0.25) is 0 Å². The maximum absolute atomic E-state index is 10.1. The smallest absolute Gasteiger partial charge is 0.267 e. The van der Waals surface area contributed by atoms with Crippen LogP contribution in [-0.2, 0) is 4.79 Å². The summed E-state index contributed by atoms with van der Waals surface area (Å²) in [4.78, 5) is 10.1. The van der Waals surface area contributed by atoms with Gasteiger partial charge in [-0.25, -0.2) is 16.8 Å². The average Bonchev–Trinajstić information content (AvgIpc) is 1.65. The highest BCUT2D eigenvalue weighted by Crippen LogP contribution is 1.66. The van der Waals surface area contributed by atoms with E-state index in [0.29, 0.717) is 5.12 Å². The van der Waals surface area contributed by atoms with E-state index in [1.54, 1.807) is 0 Å². The topological polar surface area (TPSA) is 72.3 Å². The van der Waals surface area contributed by atoms with E-state index in [1.165, 1.54) is 0 Å². The molecule has 0 unspecified atom stereocenters. The molecule has 1 amide bonds. The van der Waals surface area contributed by atoms with Gasteiger partial charge in [0.25, 0.3) is 5.91 Å². The molecule has 0 aromatic rings. The van der Waals surface area contributed by atoms with Gasteiger partial charge in [0.05, 0.1) is 0 Å². The molecule has 4 heteroatoms. The first-order valence-corrected chi connectivity index (χ1v) is 1.64. The van der Waals surface area contributed by atoms with Crippen molar-refractivity contribution in [3.05, 3.63) is 12.7 Å². The fraction of sp³-hybridized carbons (Fsp3) is 0. The monoisotopic (exact) mass is 101 g/mol. The van der Waals surface area contributed by atoms with Gasteiger partial charge in [-0.05, 0) is 6.08 Å². The van der Waals surface area contributed by atoms with E-state index in [0.717, 1.165) is 6.08 Å². The number of hydrazine groups is 2. The standard InChI is InChI=1S/C3H7N3O/c1-2-3(7)6(4)5/h2H,1,4-5H2. The van der Waals surface area contributed by atoms with Crippen molar-refractivity contribution in [3.8, 4) is 0 Å². The molecule has 0 atom stereocenters. The molecule has 0 aliphatic carbocycles. The minimum atomic E-state index is -0.500. The molecule has 0 spiro atoms. The Balaban J connectivity index is 3.56. The maximum atomic E-state index is 10.1. The van der Waals surface area contributed by atoms with Crippen molar-refractivity contribution < 1.29 is 4.79 Å². The molecule has 0 bridgehead atoms. The molecule has 0 radical (unpaired) electrons. The molecule has 0 aromatic carbocycles. The van der Waals surface area contributed by atoms with Gasteiger partial charge in [0, 0.05) is 0 Å². The van der Waals surface area contributed by atoms with Crippen molar-refractivity contribution in [2.45, 2.75) is 0 Å². The fourth-order valence-corrected chi connectivity index (χ4v) is 0.105. The molecule has 0 rings (SSSR count). The van der Waals surface area contributed by atoms with Crippen LogP contribution in [0.3, 0.4) is 0 Å². The first-order chi connectivity index (χ1) is 3.18. The van der Waals surface area contributed by atoms with Crippen LogP contribution in [0.15, 0.2) is 12.7 Å². The maximum Gasteiger partial charge on any atom is 0.274 e. The molecular weight excluding hydrogens is 94.1 g/mol. The number of hydrogen-bond acceptors (Lipinski definition) is 3. The lowest BCUT2D eigenvalue weighted by molar-refractivity contribution is -0.126. The number of nitrogens with two attached hydrogens (primary N) is 2. The highest BCUT2D eigenvalue weighted by atomic mass is 16.2. The van der Waals surface area contributed by atoms with Crippen molar-refractivity contribution in [2.24, 2.45) is 11.7 Å². The van der Waals surface area contributed by atoms with Crippen LogP contribution >= 0.6 is 0 Å². The second kappa shape index (κ2) is 2.33. The number of hydrogen-bond donors (Lipinski definition) is 2. The fourth-order valence-electron chi connectivity index (χ4n) is 0.105. The van der Waals surface area contributed by atoms with E-state index in [2.05, 4.69) is 6.58 Å². The van der Waals surface area contributed by atoms with Crippen molar-refractivity contribution in [2.75, 3.05) is 0 Å². The molecule has 7 heavy (non-hydrogen) atoms. The summed E-state index contributed by atoms with van der Waals surface area (Å²) in [6.45, 7) is 3.13. The van der Waals surface area contributed by atoms with E-state index in [4.69, 9.17) is 11.7 Å². The van der Waals surface area contributed by atoms with E-state index in [1.807, 2.05) is 0 Å². The Morgan fingerprint density at radius 3 is 2.14 bits per heavy atom. The van der Waals surface area contributed by atoms with Gasteiger partial charge in [0.15, 0.2) is 0 Å². The second-order valence-electron chi connectivity index (χ2n) is 0.950. The number of rotatable bonds is 1. The Kier molecular flexibility index (Phi) is 2.04. The van der Waals surface area contributed by atoms with E-state index < -0.39 is 5.91 Å². The van der Waals surface area contributed by atoms with Crippen molar-refractivity contribution in [1.29, 1.82) is 0 Å². The zero-order valence-corrected chi connectivity index (χ0v) is 3.79. The summed E-state index contributed by atoms with van der Waals surface area (Å²) in [6, 6.07) is 0. The first kappa shape index (κ1) is 6.13. The second-order valence-corrected chi connectivity index (χ2v) is 0.950. The lowest BCUT2D eigenvalue weighted by Gasteiger charge is -2.02. The SMILES string of the molecule is C=CC(=O)N(N)N. The number of amides is 1. The summed E-state index contributed by atoms with van der Waals surface area (Å²) in [5.41, 5.74) is 0. The Labute approximate surface area is 41.3 Å². The van der Waals surface area contributed by atoms with E-state index in [9.17, 15) is 4.79 Å². The van der Waals surface area contributed by atoms with Gasteiger partial charge in [-0.1, -0.05) is 6.58 Å². The number of carbonyl (C=O) groups excluding carboxylic acids is 1. The minimum absolute atomic E-state index is 0.465. The molecule has 40 valence electrons. The highest BCUT2D eigenvalue weighted by Gasteiger charge is 1.93. The summed E-state index contributed by atoms with van der Waals surface area (Å²) >= 11 is 0. The molecule has 0 saturated heterocycles. The summed E-state index contributed by atoms with van der Waals surface area (Å²) in [5, 5.41) is 0.465. The molecule has 0 heterocycles. The van der Waals surface area contributed by atoms with Gasteiger partial charge in [-0.15, -0.1) is 0 Å². The molecule has 0 aromatic heterocycles. The third-order valence-corrected chi connectivity index (χ3v) is 0.429. The third-order valence-electron chi connectivity index (χ3n) is 0.429.